The maximum Gasteiger partial charge on any atom is 0.0688 e. The van der Waals surface area contributed by atoms with E-state index in [9.17, 15) is 0 Å². The Balaban J connectivity index is 2.08. The molecule has 2 aliphatic heterocycles. The van der Waals surface area contributed by atoms with Crippen LogP contribution in [0.15, 0.2) is 24.8 Å². The van der Waals surface area contributed by atoms with Gasteiger partial charge in [0.15, 0.2) is 0 Å². The first kappa shape index (κ1) is 8.02. The Morgan fingerprint density at radius 1 is 1.67 bits per heavy atom. The van der Waals surface area contributed by atoms with Crippen molar-refractivity contribution in [3.63, 3.8) is 0 Å². The van der Waals surface area contributed by atoms with Gasteiger partial charge < -0.3 is 4.74 Å². The fourth-order valence-electron chi connectivity index (χ4n) is 1.98. The molecule has 2 heteroatoms. The summed E-state index contributed by atoms with van der Waals surface area (Å²) in [4.78, 5) is 0. The van der Waals surface area contributed by atoms with Crippen molar-refractivity contribution in [2.75, 3.05) is 13.2 Å². The van der Waals surface area contributed by atoms with Gasteiger partial charge in [0, 0.05) is 6.04 Å². The lowest BCUT2D eigenvalue weighted by Crippen LogP contribution is -2.46. The molecule has 1 saturated heterocycles. The molecule has 0 unspecified atom stereocenters. The SMILES string of the molecule is C=C[C@H]1CC[C@@]2(C=CCOC2)N1. The molecule has 0 aromatic rings. The monoisotopic (exact) mass is 165 g/mol. The second-order valence-electron chi connectivity index (χ2n) is 3.60. The number of ether oxygens (including phenoxy) is 1. The lowest BCUT2D eigenvalue weighted by molar-refractivity contribution is 0.102. The molecule has 0 aliphatic carbocycles. The third-order valence-corrected chi connectivity index (χ3v) is 2.67. The predicted octanol–water partition coefficient (Wildman–Crippen LogP) is 1.25. The Morgan fingerprint density at radius 2 is 2.58 bits per heavy atom. The standard InChI is InChI=1S/C10H15NO/c1-2-9-4-6-10(11-9)5-3-7-12-8-10/h2-3,5,9,11H,1,4,6-8H2/t9-,10+/m0/s1. The molecule has 66 valence electrons. The molecule has 12 heavy (non-hydrogen) atoms. The van der Waals surface area contributed by atoms with Crippen molar-refractivity contribution in [2.24, 2.45) is 0 Å². The number of hydrogen-bond donors (Lipinski definition) is 1. The van der Waals surface area contributed by atoms with Crippen LogP contribution in [-0.2, 0) is 4.74 Å². The molecule has 2 heterocycles. The molecule has 0 bridgehead atoms. The molecule has 2 nitrogen and oxygen atoms in total. The number of rotatable bonds is 1. The summed E-state index contributed by atoms with van der Waals surface area (Å²) in [6.07, 6.45) is 8.68. The molecule has 0 aromatic carbocycles. The van der Waals surface area contributed by atoms with E-state index in [1.54, 1.807) is 0 Å². The zero-order valence-electron chi connectivity index (χ0n) is 7.25. The van der Waals surface area contributed by atoms with E-state index in [1.807, 2.05) is 6.08 Å². The highest BCUT2D eigenvalue weighted by Crippen LogP contribution is 2.27. The van der Waals surface area contributed by atoms with Crippen LogP contribution in [0.3, 0.4) is 0 Å². The summed E-state index contributed by atoms with van der Waals surface area (Å²) >= 11 is 0. The molecular weight excluding hydrogens is 150 g/mol. The summed E-state index contributed by atoms with van der Waals surface area (Å²) in [7, 11) is 0. The van der Waals surface area contributed by atoms with Gasteiger partial charge in [-0.25, -0.2) is 0 Å². The minimum Gasteiger partial charge on any atom is -0.375 e. The molecule has 1 fully saturated rings. The summed E-state index contributed by atoms with van der Waals surface area (Å²) < 4.78 is 5.42. The number of nitrogens with one attached hydrogen (secondary N) is 1. The van der Waals surface area contributed by atoms with E-state index in [0.29, 0.717) is 6.04 Å². The van der Waals surface area contributed by atoms with Crippen LogP contribution < -0.4 is 5.32 Å². The van der Waals surface area contributed by atoms with E-state index in [2.05, 4.69) is 24.0 Å². The number of hydrogen-bond acceptors (Lipinski definition) is 2. The van der Waals surface area contributed by atoms with Crippen LogP contribution in [0.4, 0.5) is 0 Å². The lowest BCUT2D eigenvalue weighted by atomic mass is 9.97. The highest BCUT2D eigenvalue weighted by molar-refractivity contribution is 5.16. The lowest BCUT2D eigenvalue weighted by Gasteiger charge is -2.29. The van der Waals surface area contributed by atoms with Gasteiger partial charge in [0.2, 0.25) is 0 Å². The minimum atomic E-state index is 0.122. The van der Waals surface area contributed by atoms with Crippen molar-refractivity contribution in [1.29, 1.82) is 0 Å². The first-order chi connectivity index (χ1) is 5.85. The molecule has 0 saturated carbocycles. The zero-order chi connectivity index (χ0) is 8.44. The second kappa shape index (κ2) is 3.04. The van der Waals surface area contributed by atoms with Crippen molar-refractivity contribution < 1.29 is 4.74 Å². The van der Waals surface area contributed by atoms with E-state index in [4.69, 9.17) is 4.74 Å². The van der Waals surface area contributed by atoms with Crippen LogP contribution in [0.5, 0.6) is 0 Å². The van der Waals surface area contributed by atoms with E-state index in [1.165, 1.54) is 12.8 Å². The van der Waals surface area contributed by atoms with Crippen LogP contribution in [0.2, 0.25) is 0 Å². The smallest absolute Gasteiger partial charge is 0.0688 e. The summed E-state index contributed by atoms with van der Waals surface area (Å²) in [6, 6.07) is 0.469. The van der Waals surface area contributed by atoms with Gasteiger partial charge in [-0.15, -0.1) is 6.58 Å². The van der Waals surface area contributed by atoms with Crippen LogP contribution >= 0.6 is 0 Å². The Morgan fingerprint density at radius 3 is 3.17 bits per heavy atom. The van der Waals surface area contributed by atoms with Gasteiger partial charge in [-0.2, -0.15) is 0 Å². The fraction of sp³-hybridized carbons (Fsp3) is 0.600. The van der Waals surface area contributed by atoms with E-state index < -0.39 is 0 Å². The van der Waals surface area contributed by atoms with Crippen LogP contribution in [-0.4, -0.2) is 24.8 Å². The first-order valence-corrected chi connectivity index (χ1v) is 4.50. The normalized spacial score (nSPS) is 40.5. The third-order valence-electron chi connectivity index (χ3n) is 2.67. The minimum absolute atomic E-state index is 0.122. The molecule has 1 N–H and O–H groups in total. The average molecular weight is 165 g/mol. The highest BCUT2D eigenvalue weighted by atomic mass is 16.5. The van der Waals surface area contributed by atoms with Gasteiger partial charge in [-0.05, 0) is 12.8 Å². The Labute approximate surface area is 73.3 Å². The van der Waals surface area contributed by atoms with Gasteiger partial charge in [0.25, 0.3) is 0 Å². The van der Waals surface area contributed by atoms with Crippen LogP contribution in [0.1, 0.15) is 12.8 Å². The van der Waals surface area contributed by atoms with Crippen LogP contribution in [0, 0.1) is 0 Å². The molecule has 1 spiro atoms. The Bertz CT molecular complexity index is 212. The van der Waals surface area contributed by atoms with Gasteiger partial charge in [0.1, 0.15) is 0 Å². The molecule has 0 radical (unpaired) electrons. The molecule has 2 rings (SSSR count). The second-order valence-corrected chi connectivity index (χ2v) is 3.60. The summed E-state index contributed by atoms with van der Waals surface area (Å²) in [5.41, 5.74) is 0.122. The van der Waals surface area contributed by atoms with Crippen LogP contribution in [0.25, 0.3) is 0 Å². The van der Waals surface area contributed by atoms with E-state index in [-0.39, 0.29) is 5.54 Å². The topological polar surface area (TPSA) is 21.3 Å². The quantitative estimate of drug-likeness (QED) is 0.590. The molecule has 0 amide bonds. The van der Waals surface area contributed by atoms with E-state index in [0.717, 1.165) is 13.2 Å². The molecular formula is C10H15NO. The van der Waals surface area contributed by atoms with Gasteiger partial charge in [0.05, 0.1) is 18.8 Å². The highest BCUT2D eigenvalue weighted by Gasteiger charge is 2.36. The summed E-state index contributed by atoms with van der Waals surface area (Å²) in [5, 5.41) is 3.53. The zero-order valence-corrected chi connectivity index (χ0v) is 7.25. The van der Waals surface area contributed by atoms with Crippen molar-refractivity contribution >= 4 is 0 Å². The maximum absolute atomic E-state index is 5.42. The van der Waals surface area contributed by atoms with Gasteiger partial charge in [-0.3, -0.25) is 5.32 Å². The molecule has 2 atom stereocenters. The Kier molecular flexibility index (Phi) is 2.03. The Hall–Kier alpha value is -0.600. The molecule has 2 aliphatic rings. The third kappa shape index (κ3) is 1.32. The largest absolute Gasteiger partial charge is 0.375 e. The van der Waals surface area contributed by atoms with Gasteiger partial charge in [-0.1, -0.05) is 18.2 Å². The van der Waals surface area contributed by atoms with E-state index >= 15 is 0 Å². The fourth-order valence-corrected chi connectivity index (χ4v) is 1.98. The maximum atomic E-state index is 5.42. The first-order valence-electron chi connectivity index (χ1n) is 4.50. The van der Waals surface area contributed by atoms with Crippen molar-refractivity contribution in [2.45, 2.75) is 24.4 Å². The van der Waals surface area contributed by atoms with Crippen molar-refractivity contribution in [3.8, 4) is 0 Å². The van der Waals surface area contributed by atoms with Crippen molar-refractivity contribution in [3.05, 3.63) is 24.8 Å². The van der Waals surface area contributed by atoms with Crippen molar-refractivity contribution in [1.82, 2.24) is 5.32 Å². The summed E-state index contributed by atoms with van der Waals surface area (Å²) in [5.74, 6) is 0. The van der Waals surface area contributed by atoms with Gasteiger partial charge >= 0.3 is 0 Å². The summed E-state index contributed by atoms with van der Waals surface area (Å²) in [6.45, 7) is 5.37. The predicted molar refractivity (Wildman–Crippen MR) is 49.0 cm³/mol. The average Bonchev–Trinajstić information content (AvgIpc) is 2.50. The molecule has 0 aromatic heterocycles.